The first-order valence-corrected chi connectivity index (χ1v) is 9.36. The third-order valence-corrected chi connectivity index (χ3v) is 4.66. The molecule has 0 bridgehead atoms. The van der Waals surface area contributed by atoms with Gasteiger partial charge < -0.3 is 25.4 Å². The highest BCUT2D eigenvalue weighted by Gasteiger charge is 2.44. The van der Waals surface area contributed by atoms with Crippen LogP contribution < -0.4 is 5.73 Å². The standard InChI is InChI=1S/C17H27N3O5S/c1-2-3-4-5-6-7-13(21)24-10-11-14(22)15(23)16(25-11)20-9-8-12(18)19-17(20)26/h8-9,11,14-16,22-23H,2-7,10H2,1H3,(H2,18,19,26)/t11-,14-,15+,16-/m1/s1. The maximum atomic E-state index is 11.8. The van der Waals surface area contributed by atoms with Crippen LogP contribution in [0, 0.1) is 4.77 Å². The largest absolute Gasteiger partial charge is 0.463 e. The van der Waals surface area contributed by atoms with Gasteiger partial charge in [0.25, 0.3) is 0 Å². The molecular formula is C17H27N3O5S. The van der Waals surface area contributed by atoms with E-state index in [4.69, 9.17) is 27.4 Å². The molecule has 2 rings (SSSR count). The molecule has 1 fully saturated rings. The predicted octanol–water partition coefficient (Wildman–Crippen LogP) is 1.72. The van der Waals surface area contributed by atoms with Gasteiger partial charge in [-0.05, 0) is 24.7 Å². The van der Waals surface area contributed by atoms with E-state index in [0.717, 1.165) is 25.7 Å². The number of aliphatic hydroxyl groups is 2. The number of nitrogens with two attached hydrogens (primary N) is 1. The van der Waals surface area contributed by atoms with Crippen molar-refractivity contribution in [3.8, 4) is 0 Å². The lowest BCUT2D eigenvalue weighted by atomic mass is 10.1. The second-order valence-electron chi connectivity index (χ2n) is 6.44. The van der Waals surface area contributed by atoms with Crippen molar-refractivity contribution >= 4 is 24.0 Å². The van der Waals surface area contributed by atoms with Crippen LogP contribution in [0.25, 0.3) is 0 Å². The lowest BCUT2D eigenvalue weighted by molar-refractivity contribution is -0.150. The zero-order valence-corrected chi connectivity index (χ0v) is 15.7. The minimum absolute atomic E-state index is 0.127. The Morgan fingerprint density at radius 1 is 1.35 bits per heavy atom. The number of nitrogens with zero attached hydrogens (tertiary/aromatic N) is 2. The molecule has 1 aliphatic heterocycles. The fourth-order valence-electron chi connectivity index (χ4n) is 2.84. The molecule has 1 saturated heterocycles. The molecule has 0 amide bonds. The number of aromatic nitrogens is 2. The Balaban J connectivity index is 1.83. The molecule has 26 heavy (non-hydrogen) atoms. The first-order valence-electron chi connectivity index (χ1n) is 8.96. The second-order valence-corrected chi connectivity index (χ2v) is 6.80. The van der Waals surface area contributed by atoms with Gasteiger partial charge in [0.15, 0.2) is 6.23 Å². The van der Waals surface area contributed by atoms with Gasteiger partial charge in [-0.1, -0.05) is 32.6 Å². The van der Waals surface area contributed by atoms with Gasteiger partial charge in [-0.25, -0.2) is 4.98 Å². The molecular weight excluding hydrogens is 358 g/mol. The van der Waals surface area contributed by atoms with Crippen LogP contribution in [-0.2, 0) is 14.3 Å². The molecule has 0 unspecified atom stereocenters. The smallest absolute Gasteiger partial charge is 0.305 e. The summed E-state index contributed by atoms with van der Waals surface area (Å²) in [5.74, 6) is -0.0790. The van der Waals surface area contributed by atoms with Crippen molar-refractivity contribution < 1.29 is 24.5 Å². The van der Waals surface area contributed by atoms with E-state index in [1.165, 1.54) is 23.3 Å². The number of aliphatic hydroxyl groups excluding tert-OH is 2. The summed E-state index contributed by atoms with van der Waals surface area (Å²) in [7, 11) is 0. The molecule has 9 heteroatoms. The van der Waals surface area contributed by atoms with Gasteiger partial charge >= 0.3 is 5.97 Å². The van der Waals surface area contributed by atoms with E-state index in [0.29, 0.717) is 6.42 Å². The van der Waals surface area contributed by atoms with E-state index in [-0.39, 0.29) is 23.2 Å². The van der Waals surface area contributed by atoms with E-state index in [1.807, 2.05) is 0 Å². The zero-order valence-electron chi connectivity index (χ0n) is 14.9. The third-order valence-electron chi connectivity index (χ3n) is 4.36. The topological polar surface area (TPSA) is 120 Å². The highest BCUT2D eigenvalue weighted by atomic mass is 32.1. The first kappa shape index (κ1) is 20.8. The number of esters is 1. The Bertz CT molecular complexity index is 654. The number of carbonyl (C=O) groups is 1. The second kappa shape index (κ2) is 9.96. The number of ether oxygens (including phenoxy) is 2. The van der Waals surface area contributed by atoms with Gasteiger partial charge in [-0.2, -0.15) is 0 Å². The van der Waals surface area contributed by atoms with Crippen LogP contribution in [0.5, 0.6) is 0 Å². The van der Waals surface area contributed by atoms with Crippen LogP contribution in [0.4, 0.5) is 5.82 Å². The molecule has 4 N–H and O–H groups in total. The molecule has 8 nitrogen and oxygen atoms in total. The van der Waals surface area contributed by atoms with Crippen LogP contribution in [0.2, 0.25) is 0 Å². The maximum absolute atomic E-state index is 11.8. The molecule has 0 radical (unpaired) electrons. The summed E-state index contributed by atoms with van der Waals surface area (Å²) in [4.78, 5) is 15.7. The number of rotatable bonds is 9. The monoisotopic (exact) mass is 385 g/mol. The van der Waals surface area contributed by atoms with E-state index < -0.39 is 24.5 Å². The molecule has 2 heterocycles. The van der Waals surface area contributed by atoms with Crippen LogP contribution >= 0.6 is 12.2 Å². The van der Waals surface area contributed by atoms with Crippen LogP contribution in [0.15, 0.2) is 12.3 Å². The Morgan fingerprint density at radius 3 is 2.77 bits per heavy atom. The highest BCUT2D eigenvalue weighted by molar-refractivity contribution is 7.71. The highest BCUT2D eigenvalue weighted by Crippen LogP contribution is 2.30. The summed E-state index contributed by atoms with van der Waals surface area (Å²) in [6.07, 6.45) is 2.92. The summed E-state index contributed by atoms with van der Waals surface area (Å²) in [5, 5.41) is 20.4. The number of unbranched alkanes of at least 4 members (excludes halogenated alkanes) is 4. The van der Waals surface area contributed by atoms with Gasteiger partial charge in [-0.3, -0.25) is 9.36 Å². The fraction of sp³-hybridized carbons (Fsp3) is 0.706. The summed E-state index contributed by atoms with van der Waals surface area (Å²) in [5.41, 5.74) is 5.56. The molecule has 4 atom stereocenters. The third kappa shape index (κ3) is 5.47. The van der Waals surface area contributed by atoms with Crippen molar-refractivity contribution in [1.29, 1.82) is 0 Å². The Hall–Kier alpha value is -1.55. The van der Waals surface area contributed by atoms with Crippen molar-refractivity contribution in [2.75, 3.05) is 12.3 Å². The Labute approximate surface area is 157 Å². The first-order chi connectivity index (χ1) is 12.4. The average molecular weight is 385 g/mol. The quantitative estimate of drug-likeness (QED) is 0.334. The van der Waals surface area contributed by atoms with Gasteiger partial charge in [-0.15, -0.1) is 0 Å². The zero-order chi connectivity index (χ0) is 19.1. The number of hydrogen-bond acceptors (Lipinski definition) is 8. The fourth-order valence-corrected chi connectivity index (χ4v) is 3.11. The minimum Gasteiger partial charge on any atom is -0.463 e. The van der Waals surface area contributed by atoms with Gasteiger partial charge in [0.1, 0.15) is 30.7 Å². The predicted molar refractivity (Wildman–Crippen MR) is 97.7 cm³/mol. The van der Waals surface area contributed by atoms with Gasteiger partial charge in [0.2, 0.25) is 4.77 Å². The minimum atomic E-state index is -1.22. The van der Waals surface area contributed by atoms with Crippen LogP contribution in [0.1, 0.15) is 51.7 Å². The summed E-state index contributed by atoms with van der Waals surface area (Å²) >= 11 is 5.10. The van der Waals surface area contributed by atoms with Gasteiger partial charge in [0, 0.05) is 12.6 Å². The van der Waals surface area contributed by atoms with Crippen molar-refractivity contribution in [3.05, 3.63) is 17.0 Å². The average Bonchev–Trinajstić information content (AvgIpc) is 2.88. The Morgan fingerprint density at radius 2 is 2.08 bits per heavy atom. The molecule has 1 aliphatic rings. The lowest BCUT2D eigenvalue weighted by Crippen LogP contribution is -2.34. The Kier molecular flexibility index (Phi) is 7.95. The van der Waals surface area contributed by atoms with Crippen molar-refractivity contribution in [3.63, 3.8) is 0 Å². The molecule has 0 aromatic carbocycles. The number of nitrogen functional groups attached to an aromatic ring is 1. The van der Waals surface area contributed by atoms with Gasteiger partial charge in [0.05, 0.1) is 0 Å². The normalized spacial score (nSPS) is 25.3. The number of hydrogen-bond donors (Lipinski definition) is 3. The van der Waals surface area contributed by atoms with E-state index in [2.05, 4.69) is 11.9 Å². The SMILES string of the molecule is CCCCCCCC(=O)OC[C@H]1O[C@@H](n2ccc(N)nc2=S)[C@@H](O)[C@@H]1O. The van der Waals surface area contributed by atoms with Crippen molar-refractivity contribution in [2.24, 2.45) is 0 Å². The van der Waals surface area contributed by atoms with Crippen molar-refractivity contribution in [2.45, 2.75) is 70.0 Å². The molecule has 1 aromatic rings. The number of carbonyl (C=O) groups excluding carboxylic acids is 1. The molecule has 1 aromatic heterocycles. The molecule has 0 aliphatic carbocycles. The molecule has 146 valence electrons. The van der Waals surface area contributed by atoms with E-state index in [1.54, 1.807) is 0 Å². The van der Waals surface area contributed by atoms with Crippen LogP contribution in [-0.4, -0.2) is 50.7 Å². The summed E-state index contributed by atoms with van der Waals surface area (Å²) in [6, 6.07) is 1.52. The maximum Gasteiger partial charge on any atom is 0.305 e. The molecule has 0 saturated carbocycles. The number of anilines is 1. The summed E-state index contributed by atoms with van der Waals surface area (Å²) in [6.45, 7) is 2.01. The van der Waals surface area contributed by atoms with Crippen LogP contribution in [0.3, 0.4) is 0 Å². The van der Waals surface area contributed by atoms with E-state index in [9.17, 15) is 15.0 Å². The van der Waals surface area contributed by atoms with Crippen molar-refractivity contribution in [1.82, 2.24) is 9.55 Å². The van der Waals surface area contributed by atoms with E-state index >= 15 is 0 Å². The summed E-state index contributed by atoms with van der Waals surface area (Å²) < 4.78 is 12.4. The molecule has 0 spiro atoms. The lowest BCUT2D eigenvalue weighted by Gasteiger charge is -2.18.